The van der Waals surface area contributed by atoms with Gasteiger partial charge in [-0.2, -0.15) is 0 Å². The average molecular weight is 224 g/mol. The number of aliphatic hydroxyl groups is 2. The van der Waals surface area contributed by atoms with Gasteiger partial charge >= 0.3 is 0 Å². The van der Waals surface area contributed by atoms with Crippen LogP contribution in [0.4, 0.5) is 0 Å². The van der Waals surface area contributed by atoms with Gasteiger partial charge in [-0.05, 0) is 37.5 Å². The Balaban J connectivity index is 1.80. The maximum absolute atomic E-state index is 10.5. The molecule has 0 amide bonds. The molecule has 2 saturated heterocycles. The van der Waals surface area contributed by atoms with Crippen LogP contribution in [0.1, 0.15) is 25.7 Å². The average Bonchev–Trinajstić information content (AvgIpc) is 3.02. The van der Waals surface area contributed by atoms with Crippen LogP contribution in [-0.2, 0) is 0 Å². The molecule has 6 atom stereocenters. The molecule has 0 aromatic rings. The Morgan fingerprint density at radius 2 is 1.25 bits per heavy atom. The number of aliphatic hydroxyl groups excluding tert-OH is 2. The number of hydrogen-bond acceptors (Lipinski definition) is 4. The Labute approximate surface area is 95.4 Å². The summed E-state index contributed by atoms with van der Waals surface area (Å²) in [4.78, 5) is 0. The predicted molar refractivity (Wildman–Crippen MR) is 58.9 cm³/mol. The van der Waals surface area contributed by atoms with Crippen LogP contribution in [0.3, 0.4) is 0 Å². The summed E-state index contributed by atoms with van der Waals surface area (Å²) in [6, 6.07) is 0. The van der Waals surface area contributed by atoms with E-state index in [1.165, 1.54) is 0 Å². The van der Waals surface area contributed by atoms with Crippen LogP contribution < -0.4 is 10.6 Å². The molecule has 4 fully saturated rings. The van der Waals surface area contributed by atoms with E-state index in [-0.39, 0.29) is 23.3 Å². The first-order valence-electron chi connectivity index (χ1n) is 6.56. The molecule has 0 aromatic heterocycles. The number of piperidine rings is 2. The second kappa shape index (κ2) is 2.80. The van der Waals surface area contributed by atoms with Crippen molar-refractivity contribution < 1.29 is 10.2 Å². The largest absolute Gasteiger partial charge is 0.391 e. The van der Waals surface area contributed by atoms with Crippen LogP contribution >= 0.6 is 0 Å². The topological polar surface area (TPSA) is 64.5 Å². The van der Waals surface area contributed by atoms with Crippen LogP contribution in [0.15, 0.2) is 0 Å². The number of rotatable bonds is 1. The third-order valence-electron chi connectivity index (χ3n) is 5.88. The van der Waals surface area contributed by atoms with Crippen molar-refractivity contribution in [2.75, 3.05) is 13.1 Å². The van der Waals surface area contributed by atoms with Gasteiger partial charge in [-0.15, -0.1) is 0 Å². The fourth-order valence-corrected chi connectivity index (χ4v) is 4.97. The Morgan fingerprint density at radius 1 is 0.812 bits per heavy atom. The van der Waals surface area contributed by atoms with E-state index in [2.05, 4.69) is 10.6 Å². The van der Waals surface area contributed by atoms with Gasteiger partial charge in [-0.1, -0.05) is 0 Å². The predicted octanol–water partition coefficient (Wildman–Crippen LogP) is -0.788. The lowest BCUT2D eigenvalue weighted by Gasteiger charge is -2.48. The van der Waals surface area contributed by atoms with Gasteiger partial charge in [0.15, 0.2) is 0 Å². The Morgan fingerprint density at radius 3 is 1.44 bits per heavy atom. The highest BCUT2D eigenvalue weighted by molar-refractivity contribution is 5.29. The van der Waals surface area contributed by atoms with Crippen molar-refractivity contribution in [3.63, 3.8) is 0 Å². The van der Waals surface area contributed by atoms with Crippen LogP contribution in [-0.4, -0.2) is 46.6 Å². The van der Waals surface area contributed by atoms with Crippen molar-refractivity contribution in [1.29, 1.82) is 0 Å². The van der Waals surface area contributed by atoms with Gasteiger partial charge in [-0.3, -0.25) is 0 Å². The smallest absolute Gasteiger partial charge is 0.0781 e. The maximum Gasteiger partial charge on any atom is 0.0781 e. The molecule has 4 nitrogen and oxygen atoms in total. The van der Waals surface area contributed by atoms with Crippen LogP contribution in [0.25, 0.3) is 0 Å². The molecule has 4 heteroatoms. The first-order chi connectivity index (χ1) is 7.70. The summed E-state index contributed by atoms with van der Waals surface area (Å²) in [7, 11) is 0. The fourth-order valence-electron chi connectivity index (χ4n) is 4.97. The quantitative estimate of drug-likeness (QED) is 0.471. The standard InChI is InChI=1S/C12H20N2O2/c15-9-7-1-3-11(9,13-5-7)12-4-2-8(6-14-12)10(12)16/h7-10,13-16H,1-6H2. The zero-order valence-corrected chi connectivity index (χ0v) is 9.45. The minimum absolute atomic E-state index is 0.248. The van der Waals surface area contributed by atoms with Crippen molar-refractivity contribution in [3.8, 4) is 0 Å². The molecule has 2 aliphatic carbocycles. The minimum atomic E-state index is -0.272. The summed E-state index contributed by atoms with van der Waals surface area (Å²) in [6.07, 6.45) is 3.69. The second-order valence-corrected chi connectivity index (χ2v) is 6.19. The summed E-state index contributed by atoms with van der Waals surface area (Å²) in [6.45, 7) is 1.84. The van der Waals surface area contributed by atoms with Gasteiger partial charge in [0, 0.05) is 13.1 Å². The van der Waals surface area contributed by atoms with Crippen molar-refractivity contribution in [2.45, 2.75) is 49.0 Å². The normalized spacial score (nSPS) is 63.4. The van der Waals surface area contributed by atoms with Crippen LogP contribution in [0.2, 0.25) is 0 Å². The highest BCUT2D eigenvalue weighted by atomic mass is 16.3. The van der Waals surface area contributed by atoms with E-state index in [9.17, 15) is 10.2 Å². The molecule has 6 unspecified atom stereocenters. The highest BCUT2D eigenvalue weighted by Gasteiger charge is 2.70. The van der Waals surface area contributed by atoms with E-state index in [0.717, 1.165) is 38.8 Å². The summed E-state index contributed by atoms with van der Waals surface area (Å²) in [5.74, 6) is 0.811. The van der Waals surface area contributed by atoms with Gasteiger partial charge < -0.3 is 20.8 Å². The zero-order valence-electron chi connectivity index (χ0n) is 9.45. The molecular formula is C12H20N2O2. The SMILES string of the molecule is OC1C2CCC1(C13CCC(CN1)C3O)NC2. The molecule has 4 N–H and O–H groups in total. The summed E-state index contributed by atoms with van der Waals surface area (Å²) in [5.41, 5.74) is -0.495. The molecular weight excluding hydrogens is 204 g/mol. The van der Waals surface area contributed by atoms with Gasteiger partial charge in [0.2, 0.25) is 0 Å². The fraction of sp³-hybridized carbons (Fsp3) is 1.00. The molecule has 90 valence electrons. The van der Waals surface area contributed by atoms with E-state index >= 15 is 0 Å². The Hall–Kier alpha value is -0.160. The van der Waals surface area contributed by atoms with Crippen LogP contribution in [0.5, 0.6) is 0 Å². The number of hydrogen-bond donors (Lipinski definition) is 4. The van der Waals surface area contributed by atoms with E-state index in [1.807, 2.05) is 0 Å². The lowest BCUT2D eigenvalue weighted by atomic mass is 9.72. The van der Waals surface area contributed by atoms with Crippen molar-refractivity contribution >= 4 is 0 Å². The molecule has 2 saturated carbocycles. The summed E-state index contributed by atoms with van der Waals surface area (Å²) >= 11 is 0. The van der Waals surface area contributed by atoms with E-state index in [4.69, 9.17) is 0 Å². The first kappa shape index (κ1) is 9.83. The minimum Gasteiger partial charge on any atom is -0.391 e. The van der Waals surface area contributed by atoms with Crippen molar-refractivity contribution in [2.24, 2.45) is 11.8 Å². The monoisotopic (exact) mass is 224 g/mol. The molecule has 16 heavy (non-hydrogen) atoms. The lowest BCUT2D eigenvalue weighted by molar-refractivity contribution is -0.0110. The third kappa shape index (κ3) is 0.817. The molecule has 4 rings (SSSR count). The van der Waals surface area contributed by atoms with Crippen molar-refractivity contribution in [1.82, 2.24) is 10.6 Å². The van der Waals surface area contributed by atoms with Crippen LogP contribution in [0, 0.1) is 11.8 Å². The van der Waals surface area contributed by atoms with E-state index < -0.39 is 0 Å². The summed E-state index contributed by atoms with van der Waals surface area (Å²) in [5, 5.41) is 28.0. The second-order valence-electron chi connectivity index (χ2n) is 6.19. The van der Waals surface area contributed by atoms with E-state index in [0.29, 0.717) is 11.8 Å². The Bertz CT molecular complexity index is 285. The molecule has 2 aliphatic heterocycles. The molecule has 0 spiro atoms. The maximum atomic E-state index is 10.5. The van der Waals surface area contributed by atoms with Gasteiger partial charge in [0.25, 0.3) is 0 Å². The van der Waals surface area contributed by atoms with Gasteiger partial charge in [-0.25, -0.2) is 0 Å². The highest BCUT2D eigenvalue weighted by Crippen LogP contribution is 2.55. The number of fused-ring (bicyclic) bond motifs is 5. The lowest BCUT2D eigenvalue weighted by Crippen LogP contribution is -2.71. The summed E-state index contributed by atoms with van der Waals surface area (Å²) < 4.78 is 0. The van der Waals surface area contributed by atoms with Gasteiger partial charge in [0.05, 0.1) is 23.3 Å². The third-order valence-corrected chi connectivity index (χ3v) is 5.88. The molecule has 4 bridgehead atoms. The zero-order chi connectivity index (χ0) is 11.0. The van der Waals surface area contributed by atoms with Gasteiger partial charge in [0.1, 0.15) is 0 Å². The van der Waals surface area contributed by atoms with E-state index in [1.54, 1.807) is 0 Å². The molecule has 2 heterocycles. The molecule has 0 radical (unpaired) electrons. The Kier molecular flexibility index (Phi) is 1.72. The molecule has 4 aliphatic rings. The first-order valence-corrected chi connectivity index (χ1v) is 6.56. The van der Waals surface area contributed by atoms with Crippen molar-refractivity contribution in [3.05, 3.63) is 0 Å². The number of nitrogens with one attached hydrogen (secondary N) is 2. The molecule has 0 aromatic carbocycles.